The van der Waals surface area contributed by atoms with Crippen molar-refractivity contribution >= 4 is 10.0 Å². The van der Waals surface area contributed by atoms with Gasteiger partial charge < -0.3 is 0 Å². The number of nitriles is 1. The zero-order chi connectivity index (χ0) is 14.6. The summed E-state index contributed by atoms with van der Waals surface area (Å²) in [5.74, 6) is 0. The molecule has 0 bridgehead atoms. The number of rotatable bonds is 4. The van der Waals surface area contributed by atoms with Crippen molar-refractivity contribution in [3.05, 3.63) is 59.9 Å². The van der Waals surface area contributed by atoms with E-state index >= 15 is 0 Å². The van der Waals surface area contributed by atoms with Gasteiger partial charge in [0.05, 0.1) is 28.3 Å². The number of hydrogen-bond acceptors (Lipinski definition) is 4. The van der Waals surface area contributed by atoms with E-state index in [0.717, 1.165) is 0 Å². The van der Waals surface area contributed by atoms with E-state index in [1.54, 1.807) is 31.3 Å². The Balaban J connectivity index is 2.21. The number of sulfonamides is 1. The molecule has 1 heterocycles. The standard InChI is InChI=1S/C14H13N3O2S/c1-11(14-4-2-3-9-16-14)17-20(18,19)13-7-5-12(10-15)6-8-13/h2-9,11,17H,1H3/t11-/m1/s1. The van der Waals surface area contributed by atoms with Gasteiger partial charge in [0, 0.05) is 6.20 Å². The Labute approximate surface area is 118 Å². The predicted octanol–water partition coefficient (Wildman–Crippen LogP) is 1.99. The Bertz CT molecular complexity index is 719. The smallest absolute Gasteiger partial charge is 0.241 e. The van der Waals surface area contributed by atoms with Gasteiger partial charge in [0.2, 0.25) is 10.0 Å². The maximum absolute atomic E-state index is 12.2. The normalized spacial score (nSPS) is 12.6. The second kappa shape index (κ2) is 5.82. The molecule has 0 aliphatic carbocycles. The number of pyridine rings is 1. The van der Waals surface area contributed by atoms with E-state index in [1.165, 1.54) is 24.3 Å². The fourth-order valence-electron chi connectivity index (χ4n) is 1.70. The second-order valence-corrected chi connectivity index (χ2v) is 5.95. The molecule has 0 aliphatic heterocycles. The number of aromatic nitrogens is 1. The minimum atomic E-state index is -3.63. The average molecular weight is 287 g/mol. The molecule has 2 aromatic rings. The highest BCUT2D eigenvalue weighted by atomic mass is 32.2. The Morgan fingerprint density at radius 2 is 1.90 bits per heavy atom. The van der Waals surface area contributed by atoms with Crippen LogP contribution >= 0.6 is 0 Å². The topological polar surface area (TPSA) is 82.9 Å². The second-order valence-electron chi connectivity index (χ2n) is 4.23. The van der Waals surface area contributed by atoms with Crippen LogP contribution in [0.15, 0.2) is 53.6 Å². The summed E-state index contributed by atoms with van der Waals surface area (Å²) in [7, 11) is -3.63. The van der Waals surface area contributed by atoms with Crippen LogP contribution in [0.4, 0.5) is 0 Å². The van der Waals surface area contributed by atoms with Gasteiger partial charge in [-0.05, 0) is 43.3 Å². The third kappa shape index (κ3) is 3.20. The number of hydrogen-bond donors (Lipinski definition) is 1. The van der Waals surface area contributed by atoms with Crippen LogP contribution in [0.25, 0.3) is 0 Å². The van der Waals surface area contributed by atoms with Crippen LogP contribution in [0.2, 0.25) is 0 Å². The lowest BCUT2D eigenvalue weighted by Gasteiger charge is -2.13. The Hall–Kier alpha value is -2.23. The van der Waals surface area contributed by atoms with Gasteiger partial charge in [-0.2, -0.15) is 5.26 Å². The maximum atomic E-state index is 12.2. The molecular formula is C14H13N3O2S. The molecule has 1 N–H and O–H groups in total. The molecule has 0 radical (unpaired) electrons. The zero-order valence-corrected chi connectivity index (χ0v) is 11.6. The summed E-state index contributed by atoms with van der Waals surface area (Å²) in [5.41, 5.74) is 1.06. The van der Waals surface area contributed by atoms with Crippen LogP contribution in [-0.2, 0) is 10.0 Å². The lowest BCUT2D eigenvalue weighted by Crippen LogP contribution is -2.27. The van der Waals surface area contributed by atoms with Crippen LogP contribution in [0.5, 0.6) is 0 Å². The molecule has 6 heteroatoms. The number of nitrogens with zero attached hydrogens (tertiary/aromatic N) is 2. The molecule has 2 rings (SSSR count). The Kier molecular flexibility index (Phi) is 4.13. The zero-order valence-electron chi connectivity index (χ0n) is 10.8. The first-order chi connectivity index (χ1) is 9.53. The molecule has 20 heavy (non-hydrogen) atoms. The highest BCUT2D eigenvalue weighted by Crippen LogP contribution is 2.15. The Morgan fingerprint density at radius 1 is 1.20 bits per heavy atom. The quantitative estimate of drug-likeness (QED) is 0.932. The SMILES string of the molecule is C[C@@H](NS(=O)(=O)c1ccc(C#N)cc1)c1ccccn1. The molecule has 0 fully saturated rings. The van der Waals surface area contributed by atoms with Gasteiger partial charge in [-0.15, -0.1) is 0 Å². The third-order valence-corrected chi connectivity index (χ3v) is 4.31. The largest absolute Gasteiger partial charge is 0.260 e. The molecule has 102 valence electrons. The molecular weight excluding hydrogens is 274 g/mol. The molecule has 0 aliphatic rings. The van der Waals surface area contributed by atoms with E-state index in [2.05, 4.69) is 9.71 Å². The molecule has 0 saturated heterocycles. The van der Waals surface area contributed by atoms with Gasteiger partial charge in [-0.25, -0.2) is 13.1 Å². The van der Waals surface area contributed by atoms with Crippen LogP contribution in [0, 0.1) is 11.3 Å². The van der Waals surface area contributed by atoms with E-state index in [4.69, 9.17) is 5.26 Å². The molecule has 0 unspecified atom stereocenters. The van der Waals surface area contributed by atoms with E-state index in [-0.39, 0.29) is 4.90 Å². The van der Waals surface area contributed by atoms with Crippen molar-refractivity contribution in [1.29, 1.82) is 5.26 Å². The summed E-state index contributed by atoms with van der Waals surface area (Å²) >= 11 is 0. The van der Waals surface area contributed by atoms with Crippen LogP contribution in [0.1, 0.15) is 24.2 Å². The first-order valence-electron chi connectivity index (χ1n) is 5.96. The molecule has 0 saturated carbocycles. The average Bonchev–Trinajstić information content (AvgIpc) is 2.48. The van der Waals surface area contributed by atoms with Gasteiger partial charge in [-0.1, -0.05) is 6.07 Å². The summed E-state index contributed by atoms with van der Waals surface area (Å²) in [5, 5.41) is 8.70. The third-order valence-electron chi connectivity index (χ3n) is 2.76. The van der Waals surface area contributed by atoms with E-state index < -0.39 is 16.1 Å². The lowest BCUT2D eigenvalue weighted by molar-refractivity contribution is 0.564. The summed E-state index contributed by atoms with van der Waals surface area (Å²) in [6, 6.07) is 12.6. The van der Waals surface area contributed by atoms with Crippen molar-refractivity contribution in [3.63, 3.8) is 0 Å². The van der Waals surface area contributed by atoms with Crippen LogP contribution < -0.4 is 4.72 Å². The first-order valence-corrected chi connectivity index (χ1v) is 7.44. The molecule has 1 aromatic heterocycles. The van der Waals surface area contributed by atoms with Gasteiger partial charge >= 0.3 is 0 Å². The highest BCUT2D eigenvalue weighted by Gasteiger charge is 2.18. The molecule has 1 aromatic carbocycles. The molecule has 0 spiro atoms. The van der Waals surface area contributed by atoms with Gasteiger partial charge in [-0.3, -0.25) is 4.98 Å². The minimum Gasteiger partial charge on any atom is -0.260 e. The van der Waals surface area contributed by atoms with Crippen molar-refractivity contribution in [1.82, 2.24) is 9.71 Å². The molecule has 0 amide bonds. The molecule has 1 atom stereocenters. The Morgan fingerprint density at radius 3 is 2.45 bits per heavy atom. The number of nitrogens with one attached hydrogen (secondary N) is 1. The summed E-state index contributed by atoms with van der Waals surface area (Å²) < 4.78 is 26.9. The van der Waals surface area contributed by atoms with Crippen molar-refractivity contribution in [2.45, 2.75) is 17.9 Å². The van der Waals surface area contributed by atoms with E-state index in [1.807, 2.05) is 6.07 Å². The van der Waals surface area contributed by atoms with Crippen LogP contribution in [0.3, 0.4) is 0 Å². The van der Waals surface area contributed by atoms with E-state index in [9.17, 15) is 8.42 Å². The first kappa shape index (κ1) is 14.2. The fraction of sp³-hybridized carbons (Fsp3) is 0.143. The lowest BCUT2D eigenvalue weighted by atomic mass is 10.2. The van der Waals surface area contributed by atoms with Gasteiger partial charge in [0.1, 0.15) is 0 Å². The van der Waals surface area contributed by atoms with Crippen molar-refractivity contribution in [2.24, 2.45) is 0 Å². The maximum Gasteiger partial charge on any atom is 0.241 e. The fourth-order valence-corrected chi connectivity index (χ4v) is 2.92. The van der Waals surface area contributed by atoms with Crippen molar-refractivity contribution in [2.75, 3.05) is 0 Å². The van der Waals surface area contributed by atoms with Crippen molar-refractivity contribution in [3.8, 4) is 6.07 Å². The minimum absolute atomic E-state index is 0.124. The summed E-state index contributed by atoms with van der Waals surface area (Å²) in [4.78, 5) is 4.24. The van der Waals surface area contributed by atoms with Gasteiger partial charge in [0.25, 0.3) is 0 Å². The predicted molar refractivity (Wildman–Crippen MR) is 74.1 cm³/mol. The summed E-state index contributed by atoms with van der Waals surface area (Å²) in [6.07, 6.45) is 1.61. The van der Waals surface area contributed by atoms with E-state index in [0.29, 0.717) is 11.3 Å². The van der Waals surface area contributed by atoms with Crippen molar-refractivity contribution < 1.29 is 8.42 Å². The van der Waals surface area contributed by atoms with Crippen LogP contribution in [-0.4, -0.2) is 13.4 Å². The van der Waals surface area contributed by atoms with Gasteiger partial charge in [0.15, 0.2) is 0 Å². The number of benzene rings is 1. The summed E-state index contributed by atoms with van der Waals surface area (Å²) in [6.45, 7) is 1.73. The highest BCUT2D eigenvalue weighted by molar-refractivity contribution is 7.89. The monoisotopic (exact) mass is 287 g/mol. The molecule has 5 nitrogen and oxygen atoms in total.